The fourth-order valence-electron chi connectivity index (χ4n) is 2.99. The molecule has 0 aliphatic heterocycles. The number of nitrogen functional groups attached to an aromatic ring is 1. The number of carbonyl (C=O) groups is 1. The molecule has 0 unspecified atom stereocenters. The Labute approximate surface area is 163 Å². The van der Waals surface area contributed by atoms with Crippen LogP contribution in [0.1, 0.15) is 16.2 Å². The highest BCUT2D eigenvalue weighted by Crippen LogP contribution is 2.10. The molecule has 0 spiro atoms. The van der Waals surface area contributed by atoms with E-state index in [9.17, 15) is 14.4 Å². The van der Waals surface area contributed by atoms with Crippen molar-refractivity contribution < 1.29 is 4.79 Å². The first kappa shape index (κ1) is 18.1. The topological polar surface area (TPSA) is 128 Å². The summed E-state index contributed by atoms with van der Waals surface area (Å²) in [7, 11) is 0. The van der Waals surface area contributed by atoms with Crippen LogP contribution in [0.15, 0.2) is 64.3 Å². The average molecular weight is 388 g/mol. The number of nitrogens with zero attached hydrogens (tertiary/aromatic N) is 4. The number of rotatable bonds is 1. The van der Waals surface area contributed by atoms with Gasteiger partial charge in [0.1, 0.15) is 5.82 Å². The molecule has 0 saturated heterocycles. The molecule has 9 heteroatoms. The zero-order chi connectivity index (χ0) is 20.5. The number of aromatic amines is 1. The quantitative estimate of drug-likeness (QED) is 0.330. The second-order valence-electron chi connectivity index (χ2n) is 6.29. The van der Waals surface area contributed by atoms with Gasteiger partial charge in [0.2, 0.25) is 0 Å². The Bertz CT molecular complexity index is 1500. The molecule has 0 amide bonds. The van der Waals surface area contributed by atoms with Crippen LogP contribution in [0.2, 0.25) is 0 Å². The van der Waals surface area contributed by atoms with Gasteiger partial charge < -0.3 is 5.84 Å². The monoisotopic (exact) mass is 388 g/mol. The minimum atomic E-state index is -0.205. The number of aldehydes is 1. The largest absolute Gasteiger partial charge is 0.335 e. The summed E-state index contributed by atoms with van der Waals surface area (Å²) in [5.74, 6) is 6.01. The highest BCUT2D eigenvalue weighted by molar-refractivity contribution is 5.87. The molecule has 3 aromatic heterocycles. The minimum Gasteiger partial charge on any atom is -0.335 e. The number of nitrogens with one attached hydrogen (secondary N) is 1. The average Bonchev–Trinajstić information content (AvgIpc) is 3.16. The zero-order valence-corrected chi connectivity index (χ0v) is 15.4. The maximum absolute atomic E-state index is 12.0. The fraction of sp³-hybridized carbons (Fsp3) is 0.0500. The van der Waals surface area contributed by atoms with E-state index in [1.54, 1.807) is 49.4 Å². The molecule has 0 radical (unpaired) electrons. The van der Waals surface area contributed by atoms with Crippen LogP contribution in [0.4, 0.5) is 0 Å². The number of para-hydroxylation sites is 2. The maximum atomic E-state index is 12.0. The highest BCUT2D eigenvalue weighted by atomic mass is 16.1. The van der Waals surface area contributed by atoms with E-state index in [-0.39, 0.29) is 11.1 Å². The van der Waals surface area contributed by atoms with Crippen LogP contribution in [0, 0.1) is 6.92 Å². The van der Waals surface area contributed by atoms with Crippen molar-refractivity contribution in [2.24, 2.45) is 0 Å². The number of aryl methyl sites for hydroxylation is 1. The third kappa shape index (κ3) is 3.04. The first-order valence-electron chi connectivity index (χ1n) is 8.69. The number of H-pyrrole nitrogens is 1. The van der Waals surface area contributed by atoms with Crippen LogP contribution in [0.3, 0.4) is 0 Å². The first-order valence-corrected chi connectivity index (χ1v) is 8.69. The van der Waals surface area contributed by atoms with Crippen molar-refractivity contribution in [3.8, 4) is 0 Å². The molecule has 3 N–H and O–H groups in total. The van der Waals surface area contributed by atoms with Gasteiger partial charge in [0.15, 0.2) is 11.9 Å². The number of hydrogen-bond acceptors (Lipinski definition) is 6. The molecule has 2 aromatic carbocycles. The van der Waals surface area contributed by atoms with Crippen molar-refractivity contribution in [1.29, 1.82) is 0 Å². The fourth-order valence-corrected chi connectivity index (χ4v) is 2.99. The van der Waals surface area contributed by atoms with Gasteiger partial charge in [-0.15, -0.1) is 0 Å². The summed E-state index contributed by atoms with van der Waals surface area (Å²) in [4.78, 5) is 42.7. The van der Waals surface area contributed by atoms with E-state index in [4.69, 9.17) is 5.84 Å². The highest BCUT2D eigenvalue weighted by Gasteiger charge is 2.09. The van der Waals surface area contributed by atoms with E-state index < -0.39 is 0 Å². The number of hydrogen-bond donors (Lipinski definition) is 2. The van der Waals surface area contributed by atoms with Crippen molar-refractivity contribution in [3.05, 3.63) is 86.8 Å². The zero-order valence-electron chi connectivity index (χ0n) is 15.4. The van der Waals surface area contributed by atoms with Crippen molar-refractivity contribution in [2.45, 2.75) is 6.92 Å². The van der Waals surface area contributed by atoms with E-state index in [1.807, 2.05) is 6.07 Å². The van der Waals surface area contributed by atoms with Gasteiger partial charge in [-0.05, 0) is 31.2 Å². The van der Waals surface area contributed by atoms with Crippen molar-refractivity contribution in [2.75, 3.05) is 5.84 Å². The number of fused-ring (bicyclic) bond motifs is 3. The molecule has 0 atom stereocenters. The molecule has 0 fully saturated rings. The summed E-state index contributed by atoms with van der Waals surface area (Å²) in [6.07, 6.45) is 2.14. The third-order valence-electron chi connectivity index (χ3n) is 4.49. The summed E-state index contributed by atoms with van der Waals surface area (Å²) >= 11 is 0. The molecule has 0 bridgehead atoms. The summed E-state index contributed by atoms with van der Waals surface area (Å²) in [5.41, 5.74) is 1.61. The van der Waals surface area contributed by atoms with Crippen molar-refractivity contribution >= 4 is 33.7 Å². The lowest BCUT2D eigenvalue weighted by molar-refractivity contribution is 0.112. The Hall–Kier alpha value is -4.27. The molecule has 3 heterocycles. The van der Waals surface area contributed by atoms with Crippen LogP contribution in [0.25, 0.3) is 27.5 Å². The van der Waals surface area contributed by atoms with Crippen molar-refractivity contribution in [3.63, 3.8) is 0 Å². The first-order chi connectivity index (χ1) is 14.0. The number of carbonyl (C=O) groups excluding carboxylic acids is 1. The summed E-state index contributed by atoms with van der Waals surface area (Å²) in [5, 5.41) is 3.79. The predicted octanol–water partition coefficient (Wildman–Crippen LogP) is 1.41. The Morgan fingerprint density at radius 1 is 0.931 bits per heavy atom. The van der Waals surface area contributed by atoms with E-state index in [0.717, 1.165) is 4.68 Å². The minimum absolute atomic E-state index is 0.200. The van der Waals surface area contributed by atoms with E-state index in [2.05, 4.69) is 15.1 Å². The molecule has 9 nitrogen and oxygen atoms in total. The summed E-state index contributed by atoms with van der Waals surface area (Å²) < 4.78 is 2.33. The normalized spacial score (nSPS) is 10.8. The summed E-state index contributed by atoms with van der Waals surface area (Å²) in [6.45, 7) is 1.70. The van der Waals surface area contributed by atoms with Gasteiger partial charge in [-0.3, -0.25) is 19.5 Å². The summed E-state index contributed by atoms with van der Waals surface area (Å²) in [6, 6.07) is 14.2. The van der Waals surface area contributed by atoms with Crippen LogP contribution in [-0.4, -0.2) is 30.5 Å². The number of nitrogens with two attached hydrogens (primary N) is 1. The second-order valence-corrected chi connectivity index (χ2v) is 6.29. The molecule has 0 saturated carbocycles. The van der Waals surface area contributed by atoms with Crippen LogP contribution in [-0.2, 0) is 0 Å². The predicted molar refractivity (Wildman–Crippen MR) is 110 cm³/mol. The van der Waals surface area contributed by atoms with Gasteiger partial charge in [-0.1, -0.05) is 24.3 Å². The Kier molecular flexibility index (Phi) is 4.40. The van der Waals surface area contributed by atoms with Gasteiger partial charge in [0.25, 0.3) is 11.1 Å². The molecule has 29 heavy (non-hydrogen) atoms. The third-order valence-corrected chi connectivity index (χ3v) is 4.49. The molecule has 5 aromatic rings. The standard InChI is InChI=1S/C11H7N3O2.C9H9N3O/c15-6-7-5-12-14-10(7)13-9-4-2-1-3-8(9)11(14)16;1-6-11-8-5-3-2-4-7(8)9(13)12(6)10/h1-6,12H;2-5H,10H2,1H3. The smallest absolute Gasteiger partial charge is 0.280 e. The van der Waals surface area contributed by atoms with E-state index in [1.165, 1.54) is 10.7 Å². The van der Waals surface area contributed by atoms with Gasteiger partial charge in [0.05, 0.1) is 27.4 Å². The van der Waals surface area contributed by atoms with E-state index >= 15 is 0 Å². The SMILES string of the molecule is Cc1nc2ccccc2c(=O)n1N.O=Cc1c[nH]n2c(=O)c3ccccc3nc12. The lowest BCUT2D eigenvalue weighted by Crippen LogP contribution is -2.30. The van der Waals surface area contributed by atoms with Crippen LogP contribution >= 0.6 is 0 Å². The van der Waals surface area contributed by atoms with Crippen molar-refractivity contribution in [1.82, 2.24) is 24.3 Å². The second kappa shape index (κ2) is 7.04. The molecule has 144 valence electrons. The number of benzene rings is 2. The molecule has 5 rings (SSSR count). The Morgan fingerprint density at radius 3 is 2.17 bits per heavy atom. The Balaban J connectivity index is 0.000000145. The van der Waals surface area contributed by atoms with Gasteiger partial charge in [0, 0.05) is 6.20 Å². The molecular weight excluding hydrogens is 372 g/mol. The van der Waals surface area contributed by atoms with Gasteiger partial charge in [-0.25, -0.2) is 19.2 Å². The Morgan fingerprint density at radius 2 is 1.52 bits per heavy atom. The maximum Gasteiger partial charge on any atom is 0.280 e. The number of aromatic nitrogens is 5. The van der Waals surface area contributed by atoms with E-state index in [0.29, 0.717) is 45.1 Å². The van der Waals surface area contributed by atoms with Gasteiger partial charge in [-0.2, -0.15) is 0 Å². The van der Waals surface area contributed by atoms with Gasteiger partial charge >= 0.3 is 0 Å². The lowest BCUT2D eigenvalue weighted by atomic mass is 10.2. The molecule has 0 aliphatic rings. The lowest BCUT2D eigenvalue weighted by Gasteiger charge is -2.03. The molecular formula is C20H16N6O3. The van der Waals surface area contributed by atoms with Crippen LogP contribution in [0.5, 0.6) is 0 Å². The molecule has 0 aliphatic carbocycles. The van der Waals surface area contributed by atoms with Crippen LogP contribution < -0.4 is 17.0 Å².